The van der Waals surface area contributed by atoms with E-state index < -0.39 is 0 Å². The maximum Gasteiger partial charge on any atom is 0.142 e. The fourth-order valence-corrected chi connectivity index (χ4v) is 2.55. The highest BCUT2D eigenvalue weighted by atomic mass is 16.5. The second-order valence-corrected chi connectivity index (χ2v) is 5.22. The molecule has 2 atom stereocenters. The third-order valence-corrected chi connectivity index (χ3v) is 3.24. The van der Waals surface area contributed by atoms with Gasteiger partial charge in [0.15, 0.2) is 0 Å². The highest BCUT2D eigenvalue weighted by molar-refractivity contribution is 5.83. The summed E-state index contributed by atoms with van der Waals surface area (Å²) in [5.41, 5.74) is -0.242. The van der Waals surface area contributed by atoms with Crippen molar-refractivity contribution < 1.29 is 9.53 Å². The molecule has 2 unspecified atom stereocenters. The van der Waals surface area contributed by atoms with Gasteiger partial charge in [-0.15, -0.1) is 0 Å². The maximum atomic E-state index is 11.9. The average Bonchev–Trinajstić information content (AvgIpc) is 2.05. The van der Waals surface area contributed by atoms with Gasteiger partial charge < -0.3 is 9.64 Å². The minimum atomic E-state index is -0.242. The number of likely N-dealkylation sites (tertiary alicyclic amines) is 1. The van der Waals surface area contributed by atoms with Crippen molar-refractivity contribution in [2.24, 2.45) is 5.92 Å². The van der Waals surface area contributed by atoms with Crippen molar-refractivity contribution in [1.82, 2.24) is 4.90 Å². The normalized spacial score (nSPS) is 38.1. The molecule has 0 aromatic rings. The smallest absolute Gasteiger partial charge is 0.142 e. The number of fused-ring (bicyclic) bond motifs is 1. The lowest BCUT2D eigenvalue weighted by atomic mass is 9.82. The number of carbonyl (C=O) groups excluding carboxylic acids is 1. The van der Waals surface area contributed by atoms with Crippen LogP contribution < -0.4 is 0 Å². The van der Waals surface area contributed by atoms with Gasteiger partial charge in [0, 0.05) is 19.5 Å². The topological polar surface area (TPSA) is 29.5 Å². The molecule has 2 heterocycles. The molecular formula is C11H19NO2. The van der Waals surface area contributed by atoms with Gasteiger partial charge in [0.2, 0.25) is 0 Å². The van der Waals surface area contributed by atoms with Gasteiger partial charge in [-0.05, 0) is 27.3 Å². The predicted molar refractivity (Wildman–Crippen MR) is 54.2 cm³/mol. The average molecular weight is 197 g/mol. The van der Waals surface area contributed by atoms with Crippen molar-refractivity contribution in [3.05, 3.63) is 0 Å². The molecule has 0 aliphatic carbocycles. The van der Waals surface area contributed by atoms with Crippen LogP contribution in [0.2, 0.25) is 0 Å². The molecule has 14 heavy (non-hydrogen) atoms. The van der Waals surface area contributed by atoms with Crippen LogP contribution in [0.1, 0.15) is 26.7 Å². The lowest BCUT2D eigenvalue weighted by Crippen LogP contribution is -2.54. The van der Waals surface area contributed by atoms with Gasteiger partial charge in [-0.3, -0.25) is 4.79 Å². The second kappa shape index (κ2) is 3.31. The van der Waals surface area contributed by atoms with E-state index in [1.807, 2.05) is 13.8 Å². The summed E-state index contributed by atoms with van der Waals surface area (Å²) < 4.78 is 5.95. The molecule has 2 fully saturated rings. The molecule has 0 spiro atoms. The third-order valence-electron chi connectivity index (χ3n) is 3.24. The number of ether oxygens (including phenoxy) is 1. The fraction of sp³-hybridized carbons (Fsp3) is 0.909. The summed E-state index contributed by atoms with van der Waals surface area (Å²) in [5, 5.41) is 0. The van der Waals surface area contributed by atoms with Gasteiger partial charge >= 0.3 is 0 Å². The van der Waals surface area contributed by atoms with Crippen molar-refractivity contribution >= 4 is 5.78 Å². The van der Waals surface area contributed by atoms with Gasteiger partial charge in [-0.1, -0.05) is 0 Å². The van der Waals surface area contributed by atoms with Crippen LogP contribution in [-0.2, 0) is 9.53 Å². The zero-order chi connectivity index (χ0) is 10.3. The number of rotatable bonds is 0. The summed E-state index contributed by atoms with van der Waals surface area (Å²) in [6, 6.07) is 0. The van der Waals surface area contributed by atoms with E-state index in [9.17, 15) is 4.79 Å². The SMILES string of the molecule is CN1CCC2OC(C)(C)CC(=O)C2C1. The van der Waals surface area contributed by atoms with Crippen LogP contribution in [0.4, 0.5) is 0 Å². The first-order valence-corrected chi connectivity index (χ1v) is 5.37. The van der Waals surface area contributed by atoms with Crippen molar-refractivity contribution in [2.45, 2.75) is 38.4 Å². The molecule has 2 rings (SSSR count). The number of nitrogens with zero attached hydrogens (tertiary/aromatic N) is 1. The molecule has 0 aromatic carbocycles. The Balaban J connectivity index is 2.11. The van der Waals surface area contributed by atoms with Crippen LogP contribution in [0.25, 0.3) is 0 Å². The van der Waals surface area contributed by atoms with Crippen LogP contribution in [-0.4, -0.2) is 42.5 Å². The molecule has 2 aliphatic rings. The zero-order valence-electron chi connectivity index (χ0n) is 9.25. The van der Waals surface area contributed by atoms with E-state index in [0.29, 0.717) is 12.2 Å². The van der Waals surface area contributed by atoms with E-state index in [1.165, 1.54) is 0 Å². The van der Waals surface area contributed by atoms with Crippen LogP contribution >= 0.6 is 0 Å². The van der Waals surface area contributed by atoms with Gasteiger partial charge in [0.25, 0.3) is 0 Å². The van der Waals surface area contributed by atoms with Crippen molar-refractivity contribution in [3.8, 4) is 0 Å². The fourth-order valence-electron chi connectivity index (χ4n) is 2.55. The molecule has 0 saturated carbocycles. The zero-order valence-corrected chi connectivity index (χ0v) is 9.25. The van der Waals surface area contributed by atoms with Crippen molar-refractivity contribution in [1.29, 1.82) is 0 Å². The standard InChI is InChI=1S/C11H19NO2/c1-11(2)6-9(13)8-7-12(3)5-4-10(8)14-11/h8,10H,4-7H2,1-3H3. The molecule has 0 amide bonds. The molecule has 0 aromatic heterocycles. The van der Waals surface area contributed by atoms with E-state index in [2.05, 4.69) is 11.9 Å². The number of ketones is 1. The Morgan fingerprint density at radius 3 is 2.93 bits per heavy atom. The third kappa shape index (κ3) is 1.84. The van der Waals surface area contributed by atoms with E-state index in [1.54, 1.807) is 0 Å². The minimum absolute atomic E-state index is 0.127. The first kappa shape index (κ1) is 10.1. The van der Waals surface area contributed by atoms with E-state index in [4.69, 9.17) is 4.74 Å². The minimum Gasteiger partial charge on any atom is -0.371 e. The Morgan fingerprint density at radius 2 is 2.21 bits per heavy atom. The summed E-state index contributed by atoms with van der Waals surface area (Å²) in [5.74, 6) is 0.513. The number of Topliss-reactive ketones (excluding diaryl/α,β-unsaturated/α-hetero) is 1. The Bertz CT molecular complexity index is 250. The summed E-state index contributed by atoms with van der Waals surface area (Å²) >= 11 is 0. The first-order valence-electron chi connectivity index (χ1n) is 5.37. The Hall–Kier alpha value is -0.410. The van der Waals surface area contributed by atoms with Crippen LogP contribution in [0.15, 0.2) is 0 Å². The molecular weight excluding hydrogens is 178 g/mol. The van der Waals surface area contributed by atoms with Gasteiger partial charge in [-0.25, -0.2) is 0 Å². The van der Waals surface area contributed by atoms with Crippen LogP contribution in [0, 0.1) is 5.92 Å². The Kier molecular flexibility index (Phi) is 2.40. The van der Waals surface area contributed by atoms with Crippen LogP contribution in [0.5, 0.6) is 0 Å². The van der Waals surface area contributed by atoms with E-state index in [-0.39, 0.29) is 17.6 Å². The lowest BCUT2D eigenvalue weighted by Gasteiger charge is -2.44. The van der Waals surface area contributed by atoms with Gasteiger partial charge in [-0.2, -0.15) is 0 Å². The van der Waals surface area contributed by atoms with Crippen molar-refractivity contribution in [3.63, 3.8) is 0 Å². The number of piperidine rings is 1. The number of carbonyl (C=O) groups is 1. The first-order chi connectivity index (χ1) is 6.48. The molecule has 0 radical (unpaired) electrons. The maximum absolute atomic E-state index is 11.9. The summed E-state index contributed by atoms with van der Waals surface area (Å²) in [6.45, 7) is 5.95. The second-order valence-electron chi connectivity index (χ2n) is 5.22. The number of hydrogen-bond donors (Lipinski definition) is 0. The predicted octanol–water partition coefficient (Wildman–Crippen LogP) is 1.07. The van der Waals surface area contributed by atoms with E-state index in [0.717, 1.165) is 19.5 Å². The monoisotopic (exact) mass is 197 g/mol. The summed E-state index contributed by atoms with van der Waals surface area (Å²) in [7, 11) is 2.07. The number of hydrogen-bond acceptors (Lipinski definition) is 3. The molecule has 0 N–H and O–H groups in total. The highest BCUT2D eigenvalue weighted by Crippen LogP contribution is 2.33. The Labute approximate surface area is 85.4 Å². The van der Waals surface area contributed by atoms with E-state index >= 15 is 0 Å². The molecule has 3 nitrogen and oxygen atoms in total. The molecule has 3 heteroatoms. The summed E-state index contributed by atoms with van der Waals surface area (Å²) in [6.07, 6.45) is 1.74. The lowest BCUT2D eigenvalue weighted by molar-refractivity contribution is -0.170. The van der Waals surface area contributed by atoms with Crippen LogP contribution in [0.3, 0.4) is 0 Å². The molecule has 2 saturated heterocycles. The molecule has 2 aliphatic heterocycles. The highest BCUT2D eigenvalue weighted by Gasteiger charge is 2.43. The van der Waals surface area contributed by atoms with Gasteiger partial charge in [0.05, 0.1) is 17.6 Å². The molecule has 0 bridgehead atoms. The quantitative estimate of drug-likeness (QED) is 0.582. The van der Waals surface area contributed by atoms with Crippen molar-refractivity contribution in [2.75, 3.05) is 20.1 Å². The van der Waals surface area contributed by atoms with Gasteiger partial charge in [0.1, 0.15) is 5.78 Å². The summed E-state index contributed by atoms with van der Waals surface area (Å²) in [4.78, 5) is 14.1. The Morgan fingerprint density at radius 1 is 1.50 bits per heavy atom. The largest absolute Gasteiger partial charge is 0.371 e. The molecule has 80 valence electrons.